The maximum atomic E-state index is 12.5. The second-order valence-electron chi connectivity index (χ2n) is 10.6. The van der Waals surface area contributed by atoms with Gasteiger partial charge < -0.3 is 39.6 Å². The minimum atomic E-state index is -4.13. The van der Waals surface area contributed by atoms with E-state index in [1.54, 1.807) is 18.4 Å². The summed E-state index contributed by atoms with van der Waals surface area (Å²) in [5.74, 6) is -0.304. The number of aliphatic hydroxyl groups excluding tert-OH is 2. The Morgan fingerprint density at radius 1 is 1.21 bits per heavy atom. The van der Waals surface area contributed by atoms with Crippen LogP contribution in [-0.4, -0.2) is 113 Å². The van der Waals surface area contributed by atoms with Gasteiger partial charge in [0.05, 0.1) is 25.1 Å². The van der Waals surface area contributed by atoms with E-state index in [4.69, 9.17) is 38.5 Å². The quantitative estimate of drug-likeness (QED) is 0.0878. The molecule has 0 spiro atoms. The Labute approximate surface area is 270 Å². The lowest BCUT2D eigenvalue weighted by atomic mass is 10.1. The third-order valence-electron chi connectivity index (χ3n) is 7.15. The standard InChI is InChI=1S/C25H34N7O13PS/c1-12(2)42-25(37)40-11-47-46(38,45-19-14(7-33)44-23(20(19)39-3)31-5-4-16(35)30-24(31)36)41-8-15-13(34)6-17(43-15)32-10-29-18-21(26)27-9-28-22(18)32/h4-5,9-10,12-15,17,19-20,23,33-34,38H,6-8,11H2,1-3H3,(H2-,26,27,28,30,35,36)/p+1. The highest BCUT2D eigenvalue weighted by atomic mass is 32.7. The van der Waals surface area contributed by atoms with Crippen molar-refractivity contribution < 1.29 is 52.6 Å². The van der Waals surface area contributed by atoms with Crippen molar-refractivity contribution in [2.75, 3.05) is 32.0 Å². The third-order valence-corrected chi connectivity index (χ3v) is 10.6. The van der Waals surface area contributed by atoms with Gasteiger partial charge >= 0.3 is 19.0 Å². The van der Waals surface area contributed by atoms with E-state index in [0.29, 0.717) is 22.5 Å². The molecule has 2 fully saturated rings. The maximum absolute atomic E-state index is 12.5. The summed E-state index contributed by atoms with van der Waals surface area (Å²) in [5.41, 5.74) is 5.19. The molecular weight excluding hydrogens is 669 g/mol. The largest absolute Gasteiger partial charge is 0.509 e. The van der Waals surface area contributed by atoms with Crippen molar-refractivity contribution in [2.24, 2.45) is 0 Å². The molecular formula is C25H35N7O13PS+. The van der Waals surface area contributed by atoms with E-state index in [1.807, 2.05) is 0 Å². The van der Waals surface area contributed by atoms with E-state index in [1.165, 1.54) is 26.0 Å². The van der Waals surface area contributed by atoms with E-state index in [-0.39, 0.29) is 12.2 Å². The van der Waals surface area contributed by atoms with Gasteiger partial charge in [-0.25, -0.2) is 24.5 Å². The van der Waals surface area contributed by atoms with E-state index in [0.717, 1.165) is 10.6 Å². The summed E-state index contributed by atoms with van der Waals surface area (Å²) in [6, 6.07) is 1.10. The van der Waals surface area contributed by atoms with Crippen molar-refractivity contribution in [3.05, 3.63) is 45.8 Å². The smallest absolute Gasteiger partial charge is 0.432 e. The number of anilines is 1. The number of hydrogen-bond donors (Lipinski definition) is 5. The molecule has 2 aliphatic heterocycles. The minimum Gasteiger partial charge on any atom is -0.432 e. The van der Waals surface area contributed by atoms with Crippen LogP contribution in [0.1, 0.15) is 32.7 Å². The molecule has 47 heavy (non-hydrogen) atoms. The third kappa shape index (κ3) is 7.91. The zero-order chi connectivity index (χ0) is 33.9. The van der Waals surface area contributed by atoms with Gasteiger partial charge in [0.2, 0.25) is 0 Å². The van der Waals surface area contributed by atoms with Crippen LogP contribution in [0, 0.1) is 0 Å². The number of fused-ring (bicyclic) bond motifs is 1. The van der Waals surface area contributed by atoms with Crippen LogP contribution in [0.5, 0.6) is 0 Å². The molecule has 8 atom stereocenters. The van der Waals surface area contributed by atoms with Crippen molar-refractivity contribution in [1.29, 1.82) is 0 Å². The molecule has 5 heterocycles. The highest BCUT2D eigenvalue weighted by Gasteiger charge is 2.57. The molecule has 22 heteroatoms. The average Bonchev–Trinajstić information content (AvgIpc) is 3.71. The average molecular weight is 705 g/mol. The number of aromatic amines is 1. The second-order valence-corrected chi connectivity index (χ2v) is 14.7. The predicted molar refractivity (Wildman–Crippen MR) is 163 cm³/mol. The van der Waals surface area contributed by atoms with E-state index in [2.05, 4.69) is 19.9 Å². The Morgan fingerprint density at radius 3 is 2.70 bits per heavy atom. The highest BCUT2D eigenvalue weighted by Crippen LogP contribution is 2.70. The molecule has 2 saturated heterocycles. The number of nitrogens with one attached hydrogen (secondary N) is 1. The fourth-order valence-corrected chi connectivity index (χ4v) is 7.81. The molecule has 5 rings (SSSR count). The molecule has 6 N–H and O–H groups in total. The van der Waals surface area contributed by atoms with Crippen LogP contribution in [0.15, 0.2) is 34.5 Å². The molecule has 3 aromatic heterocycles. The van der Waals surface area contributed by atoms with Gasteiger partial charge in [0.15, 0.2) is 41.1 Å². The number of H-pyrrole nitrogens is 1. The lowest BCUT2D eigenvalue weighted by molar-refractivity contribution is -0.0625. The lowest BCUT2D eigenvalue weighted by Gasteiger charge is -2.25. The van der Waals surface area contributed by atoms with Crippen LogP contribution in [0.4, 0.5) is 10.6 Å². The molecule has 2 aliphatic rings. The molecule has 0 aromatic carbocycles. The number of nitrogens with two attached hydrogens (primary N) is 1. The predicted octanol–water partition coefficient (Wildman–Crippen LogP) is -0.164. The first-order valence-corrected chi connectivity index (χ1v) is 17.4. The van der Waals surface area contributed by atoms with Gasteiger partial charge in [-0.15, -0.1) is 0 Å². The Morgan fingerprint density at radius 2 is 2.00 bits per heavy atom. The molecule has 0 amide bonds. The van der Waals surface area contributed by atoms with Crippen molar-refractivity contribution in [1.82, 2.24) is 29.1 Å². The number of aliphatic hydroxyl groups is 2. The molecule has 8 unspecified atom stereocenters. The summed E-state index contributed by atoms with van der Waals surface area (Å²) in [6.07, 6.45) is -4.87. The van der Waals surface area contributed by atoms with Crippen molar-refractivity contribution in [3.63, 3.8) is 0 Å². The number of carbonyl (C=O) groups is 1. The summed E-state index contributed by atoms with van der Waals surface area (Å²) in [6.45, 7) is 2.23. The van der Waals surface area contributed by atoms with Crippen LogP contribution < -0.4 is 17.0 Å². The zero-order valence-electron chi connectivity index (χ0n) is 25.3. The topological polar surface area (TPSA) is 267 Å². The van der Waals surface area contributed by atoms with Crippen molar-refractivity contribution >= 4 is 41.7 Å². The number of rotatable bonds is 13. The van der Waals surface area contributed by atoms with Gasteiger partial charge in [-0.3, -0.25) is 18.9 Å². The van der Waals surface area contributed by atoms with Gasteiger partial charge in [-0.1, -0.05) is 0 Å². The van der Waals surface area contributed by atoms with Gasteiger partial charge in [-0.05, 0) is 13.8 Å². The van der Waals surface area contributed by atoms with Crippen LogP contribution in [-0.2, 0) is 32.7 Å². The number of methoxy groups -OCH3 is 1. The molecule has 0 bridgehead atoms. The Balaban J connectivity index is 1.33. The summed E-state index contributed by atoms with van der Waals surface area (Å²) >= 11 is 0.587. The number of ether oxygens (including phenoxy) is 5. The second kappa shape index (κ2) is 14.9. The number of imidazole rings is 1. The summed E-state index contributed by atoms with van der Waals surface area (Å²) in [5, 5.41) is 21.0. The SMILES string of the molecule is COC1C(O[P+](O)(OCC2OC(n3cnc4c(N)ncnc43)CC2O)SCOC(=O)OC(C)C)C(CO)OC1n1ccc(=O)[nH]c1=O. The zero-order valence-corrected chi connectivity index (χ0v) is 27.1. The van der Waals surface area contributed by atoms with Gasteiger partial charge in [-0.2, -0.15) is 13.9 Å². The Hall–Kier alpha value is -3.24. The monoisotopic (exact) mass is 704 g/mol. The highest BCUT2D eigenvalue weighted by molar-refractivity contribution is 8.57. The van der Waals surface area contributed by atoms with Crippen LogP contribution in [0.25, 0.3) is 11.2 Å². The van der Waals surface area contributed by atoms with Gasteiger partial charge in [0, 0.05) is 25.8 Å². The van der Waals surface area contributed by atoms with Gasteiger partial charge in [0.25, 0.3) is 5.56 Å². The van der Waals surface area contributed by atoms with Crippen LogP contribution >= 0.6 is 18.5 Å². The molecule has 258 valence electrons. The van der Waals surface area contributed by atoms with Crippen LogP contribution in [0.2, 0.25) is 0 Å². The van der Waals surface area contributed by atoms with Crippen LogP contribution in [0.3, 0.4) is 0 Å². The fourth-order valence-electron chi connectivity index (χ4n) is 4.99. The fraction of sp³-hybridized carbons (Fsp3) is 0.600. The summed E-state index contributed by atoms with van der Waals surface area (Å²) in [7, 11) is -2.83. The molecule has 0 radical (unpaired) electrons. The molecule has 20 nitrogen and oxygen atoms in total. The molecule has 0 saturated carbocycles. The van der Waals surface area contributed by atoms with Crippen molar-refractivity contribution in [3.8, 4) is 0 Å². The maximum Gasteiger partial charge on any atom is 0.509 e. The number of hydrogen-bond acceptors (Lipinski definition) is 18. The Kier molecular flexibility index (Phi) is 11.1. The van der Waals surface area contributed by atoms with Crippen molar-refractivity contribution in [2.45, 2.75) is 69.3 Å². The summed E-state index contributed by atoms with van der Waals surface area (Å²) in [4.78, 5) is 62.3. The number of aromatic nitrogens is 6. The van der Waals surface area contributed by atoms with E-state index in [9.17, 15) is 29.5 Å². The number of nitrogens with zero attached hydrogens (tertiary/aromatic N) is 5. The molecule has 0 aliphatic carbocycles. The molecule has 3 aromatic rings. The van der Waals surface area contributed by atoms with E-state index >= 15 is 0 Å². The lowest BCUT2D eigenvalue weighted by Crippen LogP contribution is -2.40. The normalized spacial score (nSPS) is 27.3. The first kappa shape index (κ1) is 35.1. The minimum absolute atomic E-state index is 0.114. The number of carbonyl (C=O) groups excluding carboxylic acids is 1. The summed E-state index contributed by atoms with van der Waals surface area (Å²) < 4.78 is 42.0. The van der Waals surface area contributed by atoms with E-state index < -0.39 is 92.8 Å². The first-order valence-electron chi connectivity index (χ1n) is 14.2. The van der Waals surface area contributed by atoms with Gasteiger partial charge in [0.1, 0.15) is 43.0 Å². The number of nitrogen functional groups attached to an aromatic ring is 1. The first-order chi connectivity index (χ1) is 22.4. The Bertz CT molecular complexity index is 1660.